The number of rotatable bonds is 6. The Bertz CT molecular complexity index is 737. The number of anilines is 2. The molecule has 0 unspecified atom stereocenters. The average molecular weight is 351 g/mol. The first-order valence-electron chi connectivity index (χ1n) is 7.71. The number of halogens is 2. The number of amides is 1. The van der Waals surface area contributed by atoms with Crippen LogP contribution < -0.4 is 10.6 Å². The van der Waals surface area contributed by atoms with Crippen LogP contribution in [0, 0.1) is 18.7 Å². The third-order valence-corrected chi connectivity index (χ3v) is 3.56. The molecule has 0 bridgehead atoms. The fourth-order valence-corrected chi connectivity index (χ4v) is 2.19. The summed E-state index contributed by atoms with van der Waals surface area (Å²) in [5.41, 5.74) is 1.47. The van der Waals surface area contributed by atoms with E-state index in [4.69, 9.17) is 11.6 Å². The molecule has 1 heterocycles. The summed E-state index contributed by atoms with van der Waals surface area (Å²) in [4.78, 5) is 20.6. The summed E-state index contributed by atoms with van der Waals surface area (Å²) >= 11 is 5.76. The first-order valence-corrected chi connectivity index (χ1v) is 8.09. The van der Waals surface area contributed by atoms with Crippen molar-refractivity contribution in [3.63, 3.8) is 0 Å². The van der Waals surface area contributed by atoms with E-state index in [1.54, 1.807) is 13.0 Å². The molecular formula is C17H20ClFN4O. The molecule has 0 aliphatic heterocycles. The zero-order valence-corrected chi connectivity index (χ0v) is 14.6. The van der Waals surface area contributed by atoms with Gasteiger partial charge in [-0.3, -0.25) is 4.79 Å². The third-order valence-electron chi connectivity index (χ3n) is 3.27. The van der Waals surface area contributed by atoms with Crippen molar-refractivity contribution < 1.29 is 9.18 Å². The molecule has 0 spiro atoms. The third kappa shape index (κ3) is 5.16. The minimum absolute atomic E-state index is 0.000643. The first-order chi connectivity index (χ1) is 11.3. The highest BCUT2D eigenvalue weighted by Gasteiger charge is 2.11. The normalized spacial score (nSPS) is 10.8. The second-order valence-corrected chi connectivity index (χ2v) is 6.32. The molecule has 1 aromatic carbocycles. The lowest BCUT2D eigenvalue weighted by atomic mass is 10.1. The molecule has 1 amide bonds. The molecule has 2 aromatic rings. The first kappa shape index (κ1) is 18.1. The van der Waals surface area contributed by atoms with Gasteiger partial charge in [-0.05, 0) is 43.5 Å². The molecule has 0 saturated heterocycles. The molecule has 24 heavy (non-hydrogen) atoms. The van der Waals surface area contributed by atoms with Crippen molar-refractivity contribution in [2.45, 2.75) is 27.2 Å². The van der Waals surface area contributed by atoms with Gasteiger partial charge in [0.25, 0.3) is 5.91 Å². The van der Waals surface area contributed by atoms with Crippen molar-refractivity contribution in [1.82, 2.24) is 15.3 Å². The summed E-state index contributed by atoms with van der Waals surface area (Å²) in [6.07, 6.45) is 0.898. The highest BCUT2D eigenvalue weighted by Crippen LogP contribution is 2.21. The second kappa shape index (κ2) is 8.06. The van der Waals surface area contributed by atoms with Crippen LogP contribution in [0.25, 0.3) is 0 Å². The number of carbonyl (C=O) groups excluding carboxylic acids is 1. The molecule has 128 valence electrons. The number of benzene rings is 1. The number of hydrogen-bond donors (Lipinski definition) is 2. The summed E-state index contributed by atoms with van der Waals surface area (Å²) < 4.78 is 13.2. The number of nitrogens with one attached hydrogen (secondary N) is 2. The van der Waals surface area contributed by atoms with Crippen molar-refractivity contribution >= 4 is 29.1 Å². The van der Waals surface area contributed by atoms with Crippen LogP contribution in [0.4, 0.5) is 16.0 Å². The topological polar surface area (TPSA) is 66.9 Å². The van der Waals surface area contributed by atoms with E-state index in [2.05, 4.69) is 34.4 Å². The number of nitrogens with zero attached hydrogens (tertiary/aromatic N) is 2. The number of aromatic nitrogens is 2. The monoisotopic (exact) mass is 350 g/mol. The Balaban J connectivity index is 2.12. The lowest BCUT2D eigenvalue weighted by Crippen LogP contribution is -2.26. The van der Waals surface area contributed by atoms with E-state index in [9.17, 15) is 9.18 Å². The van der Waals surface area contributed by atoms with E-state index in [1.165, 1.54) is 18.2 Å². The van der Waals surface area contributed by atoms with Crippen LogP contribution in [-0.4, -0.2) is 22.4 Å². The molecule has 7 heteroatoms. The molecule has 5 nitrogen and oxygen atoms in total. The number of carbonyl (C=O) groups is 1. The maximum atomic E-state index is 13.2. The fraction of sp³-hybridized carbons (Fsp3) is 0.353. The predicted molar refractivity (Wildman–Crippen MR) is 93.2 cm³/mol. The Morgan fingerprint density at radius 3 is 2.71 bits per heavy atom. The van der Waals surface area contributed by atoms with Gasteiger partial charge in [0.2, 0.25) is 5.95 Å². The van der Waals surface area contributed by atoms with Gasteiger partial charge in [0.15, 0.2) is 0 Å². The van der Waals surface area contributed by atoms with E-state index in [0.29, 0.717) is 23.8 Å². The summed E-state index contributed by atoms with van der Waals surface area (Å²) in [5, 5.41) is 5.77. The standard InChI is InChI=1S/C17H20ClFN4O/c1-10(2)6-7-20-16(24)15-8-11(3)21-17(23-15)22-12-4-5-14(19)13(18)9-12/h4-5,8-10H,6-7H2,1-3H3,(H,20,24)(H,21,22,23). The van der Waals surface area contributed by atoms with Crippen LogP contribution in [0.2, 0.25) is 5.02 Å². The second-order valence-electron chi connectivity index (χ2n) is 5.91. The number of hydrogen-bond acceptors (Lipinski definition) is 4. The Kier molecular flexibility index (Phi) is 6.09. The van der Waals surface area contributed by atoms with Crippen LogP contribution in [-0.2, 0) is 0 Å². The average Bonchev–Trinajstić information content (AvgIpc) is 2.50. The smallest absolute Gasteiger partial charge is 0.270 e. The molecule has 1 aromatic heterocycles. The van der Waals surface area contributed by atoms with Gasteiger partial charge < -0.3 is 10.6 Å². The summed E-state index contributed by atoms with van der Waals surface area (Å²) in [6.45, 7) is 6.55. The predicted octanol–water partition coefficient (Wildman–Crippen LogP) is 4.10. The van der Waals surface area contributed by atoms with E-state index >= 15 is 0 Å². The van der Waals surface area contributed by atoms with Crippen molar-refractivity contribution in [3.05, 3.63) is 46.5 Å². The van der Waals surface area contributed by atoms with Crippen LogP contribution in [0.5, 0.6) is 0 Å². The lowest BCUT2D eigenvalue weighted by Gasteiger charge is -2.10. The van der Waals surface area contributed by atoms with Gasteiger partial charge in [0.05, 0.1) is 5.02 Å². The van der Waals surface area contributed by atoms with Gasteiger partial charge in [-0.2, -0.15) is 0 Å². The Morgan fingerprint density at radius 1 is 1.29 bits per heavy atom. The van der Waals surface area contributed by atoms with E-state index < -0.39 is 5.82 Å². The van der Waals surface area contributed by atoms with Gasteiger partial charge in [0, 0.05) is 17.9 Å². The zero-order chi connectivity index (χ0) is 17.7. The summed E-state index contributed by atoms with van der Waals surface area (Å²) in [7, 11) is 0. The highest BCUT2D eigenvalue weighted by molar-refractivity contribution is 6.31. The van der Waals surface area contributed by atoms with Gasteiger partial charge in [-0.25, -0.2) is 14.4 Å². The van der Waals surface area contributed by atoms with Gasteiger partial charge in [-0.1, -0.05) is 25.4 Å². The fourth-order valence-electron chi connectivity index (χ4n) is 2.01. The minimum Gasteiger partial charge on any atom is -0.351 e. The maximum Gasteiger partial charge on any atom is 0.270 e. The minimum atomic E-state index is -0.502. The Hall–Kier alpha value is -2.21. The van der Waals surface area contributed by atoms with Crippen molar-refractivity contribution in [1.29, 1.82) is 0 Å². The number of aryl methyl sites for hydroxylation is 1. The molecule has 0 radical (unpaired) electrons. The molecule has 0 saturated carbocycles. The SMILES string of the molecule is Cc1cc(C(=O)NCCC(C)C)nc(Nc2ccc(F)c(Cl)c2)n1. The maximum absolute atomic E-state index is 13.2. The van der Waals surface area contributed by atoms with Gasteiger partial charge >= 0.3 is 0 Å². The van der Waals surface area contributed by atoms with Crippen LogP contribution >= 0.6 is 11.6 Å². The van der Waals surface area contributed by atoms with Crippen LogP contribution in [0.15, 0.2) is 24.3 Å². The van der Waals surface area contributed by atoms with Crippen molar-refractivity contribution in [2.75, 3.05) is 11.9 Å². The molecule has 0 aliphatic rings. The van der Waals surface area contributed by atoms with E-state index in [1.807, 2.05) is 0 Å². The molecule has 2 N–H and O–H groups in total. The van der Waals surface area contributed by atoms with Crippen LogP contribution in [0.3, 0.4) is 0 Å². The summed E-state index contributed by atoms with van der Waals surface area (Å²) in [6, 6.07) is 5.83. The largest absolute Gasteiger partial charge is 0.351 e. The van der Waals surface area contributed by atoms with Crippen molar-refractivity contribution in [2.24, 2.45) is 5.92 Å². The lowest BCUT2D eigenvalue weighted by molar-refractivity contribution is 0.0947. The summed E-state index contributed by atoms with van der Waals surface area (Å²) in [5.74, 6) is 0.0171. The Morgan fingerprint density at radius 2 is 2.04 bits per heavy atom. The zero-order valence-electron chi connectivity index (χ0n) is 13.9. The van der Waals surface area contributed by atoms with Crippen molar-refractivity contribution in [3.8, 4) is 0 Å². The molecule has 0 atom stereocenters. The van der Waals surface area contributed by atoms with E-state index in [0.717, 1.165) is 6.42 Å². The molecule has 2 rings (SSSR count). The molecule has 0 aliphatic carbocycles. The van der Waals surface area contributed by atoms with E-state index in [-0.39, 0.29) is 22.6 Å². The van der Waals surface area contributed by atoms with Gasteiger partial charge in [0.1, 0.15) is 11.5 Å². The Labute approximate surface area is 145 Å². The highest BCUT2D eigenvalue weighted by atomic mass is 35.5. The van der Waals surface area contributed by atoms with Crippen LogP contribution in [0.1, 0.15) is 36.5 Å². The quantitative estimate of drug-likeness (QED) is 0.823. The molecule has 0 fully saturated rings. The van der Waals surface area contributed by atoms with Gasteiger partial charge in [-0.15, -0.1) is 0 Å². The molecular weight excluding hydrogens is 331 g/mol.